The van der Waals surface area contributed by atoms with E-state index < -0.39 is 0 Å². The van der Waals surface area contributed by atoms with Gasteiger partial charge in [0.25, 0.3) is 0 Å². The molecule has 0 aromatic heterocycles. The lowest BCUT2D eigenvalue weighted by Gasteiger charge is -2.28. The summed E-state index contributed by atoms with van der Waals surface area (Å²) in [6, 6.07) is 24.6. The first-order valence-corrected chi connectivity index (χ1v) is 14.6. The Balaban J connectivity index is 1.58. The molecule has 3 aromatic carbocycles. The number of fused-ring (bicyclic) bond motifs is 2. The van der Waals surface area contributed by atoms with Gasteiger partial charge in [0.05, 0.1) is 5.71 Å². The quantitative estimate of drug-likeness (QED) is 0.305. The summed E-state index contributed by atoms with van der Waals surface area (Å²) >= 11 is 0. The lowest BCUT2D eigenvalue weighted by molar-refractivity contribution is 0.402. The molecule has 1 aliphatic heterocycles. The third-order valence-electron chi connectivity index (χ3n) is 7.91. The van der Waals surface area contributed by atoms with Gasteiger partial charge in [0.2, 0.25) is 0 Å². The number of nitrogens with two attached hydrogens (primary N) is 1. The van der Waals surface area contributed by atoms with E-state index in [4.69, 9.17) is 10.7 Å². The van der Waals surface area contributed by atoms with Crippen LogP contribution in [-0.4, -0.2) is 43.8 Å². The molecule has 4 nitrogen and oxygen atoms in total. The van der Waals surface area contributed by atoms with E-state index in [0.717, 1.165) is 50.2 Å². The van der Waals surface area contributed by atoms with E-state index >= 15 is 0 Å². The SMILES string of the molecule is CCC(C)N=C1C=CC(=C(c2ccc(N)cc2)c2ccc3c(c2)CCc2ccccc2N3CCCN(C)C)C=C1. The molecular formula is C36H42N4. The van der Waals surface area contributed by atoms with E-state index in [0.29, 0.717) is 6.04 Å². The minimum Gasteiger partial charge on any atom is -0.399 e. The number of aliphatic imine (C=N–C) groups is 1. The van der Waals surface area contributed by atoms with Crippen molar-refractivity contribution in [3.05, 3.63) is 119 Å². The number of benzene rings is 3. The molecule has 0 amide bonds. The average molecular weight is 531 g/mol. The second-order valence-corrected chi connectivity index (χ2v) is 11.2. The lowest BCUT2D eigenvalue weighted by Crippen LogP contribution is -2.24. The van der Waals surface area contributed by atoms with Gasteiger partial charge in [-0.05, 0) is 129 Å². The van der Waals surface area contributed by atoms with E-state index in [1.54, 1.807) is 0 Å². The van der Waals surface area contributed by atoms with Gasteiger partial charge >= 0.3 is 0 Å². The molecule has 0 saturated heterocycles. The van der Waals surface area contributed by atoms with Crippen LogP contribution in [-0.2, 0) is 12.8 Å². The summed E-state index contributed by atoms with van der Waals surface area (Å²) < 4.78 is 0. The van der Waals surface area contributed by atoms with Crippen LogP contribution < -0.4 is 10.6 Å². The molecular weight excluding hydrogens is 488 g/mol. The van der Waals surface area contributed by atoms with Crippen molar-refractivity contribution >= 4 is 28.3 Å². The summed E-state index contributed by atoms with van der Waals surface area (Å²) in [6.07, 6.45) is 12.9. The van der Waals surface area contributed by atoms with Gasteiger partial charge in [0.15, 0.2) is 0 Å². The molecule has 1 atom stereocenters. The third-order valence-corrected chi connectivity index (χ3v) is 7.91. The molecule has 0 bridgehead atoms. The fourth-order valence-corrected chi connectivity index (χ4v) is 5.58. The maximum absolute atomic E-state index is 6.08. The molecule has 0 saturated carbocycles. The Morgan fingerprint density at radius 2 is 1.55 bits per heavy atom. The van der Waals surface area contributed by atoms with Gasteiger partial charge in [-0.3, -0.25) is 4.99 Å². The summed E-state index contributed by atoms with van der Waals surface area (Å²) in [6.45, 7) is 6.41. The van der Waals surface area contributed by atoms with Gasteiger partial charge in [-0.2, -0.15) is 0 Å². The molecule has 2 N–H and O–H groups in total. The Kier molecular flexibility index (Phi) is 8.66. The largest absolute Gasteiger partial charge is 0.399 e. The van der Waals surface area contributed by atoms with Crippen LogP contribution in [0.2, 0.25) is 0 Å². The van der Waals surface area contributed by atoms with Crippen LogP contribution >= 0.6 is 0 Å². The predicted molar refractivity (Wildman–Crippen MR) is 173 cm³/mol. The first kappa shape index (κ1) is 27.7. The highest BCUT2D eigenvalue weighted by molar-refractivity contribution is 6.07. The van der Waals surface area contributed by atoms with Crippen LogP contribution in [0.3, 0.4) is 0 Å². The first-order chi connectivity index (χ1) is 19.4. The Morgan fingerprint density at radius 1 is 0.875 bits per heavy atom. The molecule has 0 spiro atoms. The second-order valence-electron chi connectivity index (χ2n) is 11.2. The molecule has 206 valence electrons. The first-order valence-electron chi connectivity index (χ1n) is 14.6. The fraction of sp³-hybridized carbons (Fsp3) is 0.306. The number of allylic oxidation sites excluding steroid dienone is 5. The number of nitrogen functional groups attached to an aromatic ring is 1. The Morgan fingerprint density at radius 3 is 2.27 bits per heavy atom. The topological polar surface area (TPSA) is 44.9 Å². The molecule has 1 aliphatic carbocycles. The zero-order valence-corrected chi connectivity index (χ0v) is 24.4. The molecule has 1 unspecified atom stereocenters. The minimum atomic E-state index is 0.320. The van der Waals surface area contributed by atoms with Crippen molar-refractivity contribution in [2.45, 2.75) is 45.6 Å². The Labute approximate surface area is 240 Å². The highest BCUT2D eigenvalue weighted by Crippen LogP contribution is 2.39. The van der Waals surface area contributed by atoms with Gasteiger partial charge < -0.3 is 15.5 Å². The normalized spacial score (nSPS) is 15.1. The molecule has 2 aliphatic rings. The number of aryl methyl sites for hydroxylation is 2. The smallest absolute Gasteiger partial charge is 0.0577 e. The van der Waals surface area contributed by atoms with Crippen molar-refractivity contribution in [1.82, 2.24) is 4.90 Å². The standard InChI is InChI=1S/C36H42N4/c1-5-26(2)38-33-20-15-29(16-21-33)36(28-13-18-32(37)19-14-28)31-17-22-35-30(25-31)12-11-27-9-6-7-10-34(27)40(35)24-8-23-39(3)4/h6-7,9-10,13-22,25-26H,5,8,11-12,23-24,37H2,1-4H3. The van der Waals surface area contributed by atoms with Crippen LogP contribution in [0, 0.1) is 0 Å². The van der Waals surface area contributed by atoms with Crippen molar-refractivity contribution in [3.8, 4) is 0 Å². The van der Waals surface area contributed by atoms with Gasteiger partial charge in [-0.25, -0.2) is 0 Å². The maximum Gasteiger partial charge on any atom is 0.0577 e. The van der Waals surface area contributed by atoms with E-state index in [1.807, 2.05) is 12.1 Å². The maximum atomic E-state index is 6.08. The molecule has 0 radical (unpaired) electrons. The highest BCUT2D eigenvalue weighted by atomic mass is 15.1. The molecule has 4 heteroatoms. The van der Waals surface area contributed by atoms with Crippen LogP contribution in [0.1, 0.15) is 48.9 Å². The fourth-order valence-electron chi connectivity index (χ4n) is 5.58. The van der Waals surface area contributed by atoms with Crippen molar-refractivity contribution in [2.75, 3.05) is 37.8 Å². The van der Waals surface area contributed by atoms with Crippen LogP contribution in [0.25, 0.3) is 5.57 Å². The Bertz CT molecular complexity index is 1440. The van der Waals surface area contributed by atoms with Crippen LogP contribution in [0.5, 0.6) is 0 Å². The molecule has 3 aromatic rings. The third kappa shape index (κ3) is 6.29. The summed E-state index contributed by atoms with van der Waals surface area (Å²) in [7, 11) is 4.30. The summed E-state index contributed by atoms with van der Waals surface area (Å²) in [4.78, 5) is 9.64. The number of hydrogen-bond acceptors (Lipinski definition) is 4. The summed E-state index contributed by atoms with van der Waals surface area (Å²) in [5.74, 6) is 0. The number of rotatable bonds is 8. The van der Waals surface area contributed by atoms with E-state index in [1.165, 1.54) is 44.8 Å². The van der Waals surface area contributed by atoms with E-state index in [2.05, 4.69) is 117 Å². The van der Waals surface area contributed by atoms with E-state index in [-0.39, 0.29) is 0 Å². The molecule has 5 rings (SSSR count). The number of anilines is 3. The predicted octanol–water partition coefficient (Wildman–Crippen LogP) is 7.62. The summed E-state index contributed by atoms with van der Waals surface area (Å²) in [5.41, 5.74) is 18.2. The van der Waals surface area contributed by atoms with Crippen molar-refractivity contribution in [3.63, 3.8) is 0 Å². The zero-order valence-electron chi connectivity index (χ0n) is 24.4. The van der Waals surface area contributed by atoms with Gasteiger partial charge in [-0.1, -0.05) is 55.5 Å². The molecule has 1 heterocycles. The van der Waals surface area contributed by atoms with Crippen molar-refractivity contribution < 1.29 is 0 Å². The summed E-state index contributed by atoms with van der Waals surface area (Å²) in [5, 5.41) is 0. The Hall–Kier alpha value is -3.89. The van der Waals surface area contributed by atoms with Gasteiger partial charge in [-0.15, -0.1) is 0 Å². The van der Waals surface area contributed by atoms with Crippen molar-refractivity contribution in [2.24, 2.45) is 4.99 Å². The van der Waals surface area contributed by atoms with Gasteiger partial charge in [0, 0.05) is 29.6 Å². The number of nitrogens with zero attached hydrogens (tertiary/aromatic N) is 3. The van der Waals surface area contributed by atoms with Crippen LogP contribution in [0.4, 0.5) is 17.1 Å². The molecule has 40 heavy (non-hydrogen) atoms. The number of hydrogen-bond donors (Lipinski definition) is 1. The highest BCUT2D eigenvalue weighted by Gasteiger charge is 2.22. The number of para-hydroxylation sites is 1. The lowest BCUT2D eigenvalue weighted by atomic mass is 9.89. The monoisotopic (exact) mass is 530 g/mol. The zero-order chi connectivity index (χ0) is 28.1. The van der Waals surface area contributed by atoms with E-state index in [9.17, 15) is 0 Å². The van der Waals surface area contributed by atoms with Gasteiger partial charge in [0.1, 0.15) is 0 Å². The average Bonchev–Trinajstić information content (AvgIpc) is 3.11. The minimum absolute atomic E-state index is 0.320. The molecule has 0 fully saturated rings. The second kappa shape index (κ2) is 12.5. The van der Waals surface area contributed by atoms with Crippen LogP contribution in [0.15, 0.2) is 102 Å². The van der Waals surface area contributed by atoms with Crippen molar-refractivity contribution in [1.29, 1.82) is 0 Å².